The van der Waals surface area contributed by atoms with Gasteiger partial charge in [-0.05, 0) is 55.9 Å². The zero-order valence-corrected chi connectivity index (χ0v) is 18.6. The lowest BCUT2D eigenvalue weighted by Crippen LogP contribution is -2.44. The van der Waals surface area contributed by atoms with Crippen LogP contribution in [0.2, 0.25) is 0 Å². The Morgan fingerprint density at radius 1 is 1.09 bits per heavy atom. The Morgan fingerprint density at radius 2 is 1.91 bits per heavy atom. The molecule has 1 fully saturated rings. The third-order valence-electron chi connectivity index (χ3n) is 6.65. The summed E-state index contributed by atoms with van der Waals surface area (Å²) in [5.74, 6) is -0.00402. The number of rotatable bonds is 4. The first-order valence-corrected chi connectivity index (χ1v) is 11.4. The largest absolute Gasteiger partial charge is 0.334 e. The van der Waals surface area contributed by atoms with Crippen molar-refractivity contribution in [1.82, 2.24) is 18.9 Å². The van der Waals surface area contributed by atoms with E-state index in [4.69, 9.17) is 4.98 Å². The fraction of sp³-hybridized carbons (Fsp3) is 0.346. The lowest BCUT2D eigenvalue weighted by atomic mass is 9.99. The van der Waals surface area contributed by atoms with Crippen molar-refractivity contribution in [2.75, 3.05) is 6.54 Å². The standard InChI is InChI=1S/C26H28N4O2/c1-3-20-13-7-8-14-28(20)26(32)22-16-21-24(30(22)17-19-11-5-4-6-12-19)27-23-18(2)10-9-15-29(23)25(21)31/h4-6,9-12,15-16,20H,3,7-8,13-14,17H2,1-2H3. The van der Waals surface area contributed by atoms with Crippen LogP contribution in [0, 0.1) is 6.92 Å². The van der Waals surface area contributed by atoms with Gasteiger partial charge in [-0.3, -0.25) is 14.0 Å². The highest BCUT2D eigenvalue weighted by Gasteiger charge is 2.29. The van der Waals surface area contributed by atoms with Crippen molar-refractivity contribution < 1.29 is 4.79 Å². The van der Waals surface area contributed by atoms with Crippen LogP contribution in [0.4, 0.5) is 0 Å². The molecule has 3 aromatic heterocycles. The van der Waals surface area contributed by atoms with E-state index in [9.17, 15) is 9.59 Å². The van der Waals surface area contributed by atoms with E-state index in [1.165, 1.54) is 0 Å². The van der Waals surface area contributed by atoms with Crippen LogP contribution >= 0.6 is 0 Å². The topological polar surface area (TPSA) is 59.6 Å². The van der Waals surface area contributed by atoms with Gasteiger partial charge in [-0.1, -0.05) is 43.3 Å². The van der Waals surface area contributed by atoms with Gasteiger partial charge in [-0.25, -0.2) is 4.98 Å². The maximum Gasteiger partial charge on any atom is 0.270 e. The van der Waals surface area contributed by atoms with Crippen LogP contribution in [0.1, 0.15) is 54.2 Å². The number of benzene rings is 1. The molecule has 1 amide bonds. The van der Waals surface area contributed by atoms with Gasteiger partial charge in [0.2, 0.25) is 0 Å². The Labute approximate surface area is 187 Å². The molecule has 1 aliphatic heterocycles. The van der Waals surface area contributed by atoms with Crippen molar-refractivity contribution in [2.24, 2.45) is 0 Å². The van der Waals surface area contributed by atoms with E-state index in [1.807, 2.05) is 58.9 Å². The number of fused-ring (bicyclic) bond motifs is 2. The Kier molecular flexibility index (Phi) is 5.29. The second-order valence-corrected chi connectivity index (χ2v) is 8.70. The second-order valence-electron chi connectivity index (χ2n) is 8.70. The average Bonchev–Trinajstić information content (AvgIpc) is 3.18. The van der Waals surface area contributed by atoms with E-state index in [0.717, 1.165) is 43.4 Å². The van der Waals surface area contributed by atoms with E-state index in [2.05, 4.69) is 6.92 Å². The van der Waals surface area contributed by atoms with Crippen molar-refractivity contribution in [2.45, 2.75) is 52.1 Å². The summed E-state index contributed by atoms with van der Waals surface area (Å²) in [4.78, 5) is 34.0. The molecule has 6 heteroatoms. The molecule has 0 N–H and O–H groups in total. The van der Waals surface area contributed by atoms with Crippen LogP contribution in [-0.2, 0) is 6.54 Å². The molecule has 4 aromatic rings. The second kappa shape index (κ2) is 8.26. The summed E-state index contributed by atoms with van der Waals surface area (Å²) in [7, 11) is 0. The minimum absolute atomic E-state index is 0.00402. The van der Waals surface area contributed by atoms with Gasteiger partial charge in [0, 0.05) is 25.3 Å². The van der Waals surface area contributed by atoms with Crippen LogP contribution < -0.4 is 5.56 Å². The fourth-order valence-electron chi connectivity index (χ4n) is 4.90. The van der Waals surface area contributed by atoms with E-state index in [1.54, 1.807) is 16.7 Å². The SMILES string of the molecule is CCC1CCCCN1C(=O)c1cc2c(=O)n3cccc(C)c3nc2n1Cc1ccccc1. The molecule has 1 saturated heterocycles. The molecule has 0 spiro atoms. The van der Waals surface area contributed by atoms with Crippen molar-refractivity contribution in [3.05, 3.63) is 81.9 Å². The summed E-state index contributed by atoms with van der Waals surface area (Å²) in [6, 6.07) is 15.8. The molecule has 32 heavy (non-hydrogen) atoms. The number of piperidine rings is 1. The molecule has 4 heterocycles. The summed E-state index contributed by atoms with van der Waals surface area (Å²) in [5, 5.41) is 0.484. The molecule has 0 radical (unpaired) electrons. The van der Waals surface area contributed by atoms with E-state index >= 15 is 0 Å². The van der Waals surface area contributed by atoms with E-state index in [0.29, 0.717) is 28.9 Å². The summed E-state index contributed by atoms with van der Waals surface area (Å²) in [5.41, 5.74) is 3.59. The smallest absolute Gasteiger partial charge is 0.270 e. The summed E-state index contributed by atoms with van der Waals surface area (Å²) >= 11 is 0. The molecular weight excluding hydrogens is 400 g/mol. The maximum atomic E-state index is 13.8. The number of pyridine rings is 1. The molecule has 6 nitrogen and oxygen atoms in total. The lowest BCUT2D eigenvalue weighted by Gasteiger charge is -2.35. The molecule has 5 rings (SSSR count). The molecule has 1 aromatic carbocycles. The molecule has 1 aliphatic rings. The number of aromatic nitrogens is 3. The molecule has 0 bridgehead atoms. The minimum Gasteiger partial charge on any atom is -0.334 e. The quantitative estimate of drug-likeness (QED) is 0.484. The first-order chi connectivity index (χ1) is 15.6. The summed E-state index contributed by atoms with van der Waals surface area (Å²) < 4.78 is 3.51. The van der Waals surface area contributed by atoms with Crippen LogP contribution in [-0.4, -0.2) is 37.3 Å². The number of aryl methyl sites for hydroxylation is 1. The van der Waals surface area contributed by atoms with Gasteiger partial charge in [0.05, 0.1) is 5.39 Å². The van der Waals surface area contributed by atoms with Gasteiger partial charge in [0.1, 0.15) is 17.0 Å². The highest BCUT2D eigenvalue weighted by Crippen LogP contribution is 2.25. The first-order valence-electron chi connectivity index (χ1n) is 11.4. The minimum atomic E-state index is -0.139. The van der Waals surface area contributed by atoms with Crippen molar-refractivity contribution in [1.29, 1.82) is 0 Å². The monoisotopic (exact) mass is 428 g/mol. The zero-order valence-electron chi connectivity index (χ0n) is 18.6. The first kappa shape index (κ1) is 20.5. The molecule has 0 saturated carbocycles. The highest BCUT2D eigenvalue weighted by molar-refractivity contribution is 5.98. The van der Waals surface area contributed by atoms with Crippen molar-refractivity contribution in [3.8, 4) is 0 Å². The van der Waals surface area contributed by atoms with Gasteiger partial charge >= 0.3 is 0 Å². The predicted molar refractivity (Wildman–Crippen MR) is 126 cm³/mol. The maximum absolute atomic E-state index is 13.8. The van der Waals surface area contributed by atoms with Crippen LogP contribution in [0.15, 0.2) is 59.5 Å². The average molecular weight is 429 g/mol. The molecule has 0 aliphatic carbocycles. The molecule has 164 valence electrons. The van der Waals surface area contributed by atoms with Gasteiger partial charge in [0.25, 0.3) is 11.5 Å². The molecule has 1 atom stereocenters. The van der Waals surface area contributed by atoms with Crippen molar-refractivity contribution in [3.63, 3.8) is 0 Å². The number of likely N-dealkylation sites (tertiary alicyclic amines) is 1. The molecular formula is C26H28N4O2. The number of nitrogens with zero attached hydrogens (tertiary/aromatic N) is 4. The summed E-state index contributed by atoms with van der Waals surface area (Å²) in [6.45, 7) is 5.34. The highest BCUT2D eigenvalue weighted by atomic mass is 16.2. The third-order valence-corrected chi connectivity index (χ3v) is 6.65. The van der Waals surface area contributed by atoms with Crippen molar-refractivity contribution >= 4 is 22.6 Å². The Hall–Kier alpha value is -3.41. The van der Waals surface area contributed by atoms with Crippen LogP contribution in [0.25, 0.3) is 16.7 Å². The molecule has 1 unspecified atom stereocenters. The number of carbonyl (C=O) groups excluding carboxylic acids is 1. The number of amides is 1. The van der Waals surface area contributed by atoms with E-state index in [-0.39, 0.29) is 17.5 Å². The Balaban J connectivity index is 1.74. The number of hydrogen-bond donors (Lipinski definition) is 0. The van der Waals surface area contributed by atoms with Crippen LogP contribution in [0.5, 0.6) is 0 Å². The number of carbonyl (C=O) groups is 1. The lowest BCUT2D eigenvalue weighted by molar-refractivity contribution is 0.0598. The van der Waals surface area contributed by atoms with Gasteiger partial charge in [-0.15, -0.1) is 0 Å². The number of hydrogen-bond acceptors (Lipinski definition) is 3. The fourth-order valence-corrected chi connectivity index (χ4v) is 4.90. The predicted octanol–water partition coefficient (Wildman–Crippen LogP) is 4.41. The van der Waals surface area contributed by atoms with Gasteiger partial charge in [0.15, 0.2) is 0 Å². The normalized spacial score (nSPS) is 16.7. The van der Waals surface area contributed by atoms with E-state index < -0.39 is 0 Å². The van der Waals surface area contributed by atoms with Gasteiger partial charge < -0.3 is 9.47 Å². The zero-order chi connectivity index (χ0) is 22.2. The van der Waals surface area contributed by atoms with Crippen LogP contribution in [0.3, 0.4) is 0 Å². The van der Waals surface area contributed by atoms with Gasteiger partial charge in [-0.2, -0.15) is 0 Å². The summed E-state index contributed by atoms with van der Waals surface area (Å²) in [6.07, 6.45) is 5.89. The Bertz CT molecular complexity index is 1350. The Morgan fingerprint density at radius 3 is 2.69 bits per heavy atom. The third kappa shape index (κ3) is 3.40.